The third-order valence-electron chi connectivity index (χ3n) is 2.67. The monoisotopic (exact) mass is 216 g/mol. The van der Waals surface area contributed by atoms with Crippen LogP contribution in [0, 0.1) is 0 Å². The molecule has 0 saturated carbocycles. The van der Waals surface area contributed by atoms with Gasteiger partial charge in [-0.3, -0.25) is 0 Å². The fourth-order valence-electron chi connectivity index (χ4n) is 1.71. The van der Waals surface area contributed by atoms with Gasteiger partial charge in [-0.15, -0.1) is 0 Å². The van der Waals surface area contributed by atoms with Crippen molar-refractivity contribution in [2.45, 2.75) is 19.4 Å². The lowest BCUT2D eigenvalue weighted by molar-refractivity contribution is 0.403. The van der Waals surface area contributed by atoms with Crippen molar-refractivity contribution in [2.24, 2.45) is 5.73 Å². The molecule has 0 spiro atoms. The zero-order valence-electron chi connectivity index (χ0n) is 9.82. The van der Waals surface area contributed by atoms with Crippen LogP contribution in [0.2, 0.25) is 0 Å². The Hall–Kier alpha value is -1.61. The Kier molecular flexibility index (Phi) is 2.56. The van der Waals surface area contributed by atoms with Crippen LogP contribution in [-0.4, -0.2) is 12.1 Å². The smallest absolute Gasteiger partial charge is 0.221 e. The SMILES string of the molecule is COc1nccc2ccc(C(C)(C)N)cc12. The maximum Gasteiger partial charge on any atom is 0.221 e. The number of nitrogens with two attached hydrogens (primary N) is 1. The van der Waals surface area contributed by atoms with Gasteiger partial charge in [-0.1, -0.05) is 12.1 Å². The van der Waals surface area contributed by atoms with Gasteiger partial charge in [0.2, 0.25) is 5.88 Å². The van der Waals surface area contributed by atoms with Crippen LogP contribution in [0.3, 0.4) is 0 Å². The maximum atomic E-state index is 6.08. The number of methoxy groups -OCH3 is 1. The van der Waals surface area contributed by atoms with Gasteiger partial charge < -0.3 is 10.5 Å². The Morgan fingerprint density at radius 3 is 2.62 bits per heavy atom. The normalized spacial score (nSPS) is 11.8. The quantitative estimate of drug-likeness (QED) is 0.838. The molecule has 0 unspecified atom stereocenters. The molecule has 1 aromatic carbocycles. The van der Waals surface area contributed by atoms with E-state index in [1.807, 2.05) is 38.1 Å². The van der Waals surface area contributed by atoms with Crippen LogP contribution in [0.1, 0.15) is 19.4 Å². The average Bonchev–Trinajstić information content (AvgIpc) is 2.26. The van der Waals surface area contributed by atoms with Crippen LogP contribution in [0.4, 0.5) is 0 Å². The van der Waals surface area contributed by atoms with E-state index in [0.29, 0.717) is 5.88 Å². The number of pyridine rings is 1. The first kappa shape index (κ1) is 10.9. The molecular formula is C13H16N2O. The summed E-state index contributed by atoms with van der Waals surface area (Å²) in [5, 5.41) is 2.11. The molecule has 0 amide bonds. The second-order valence-corrected chi connectivity index (χ2v) is 4.48. The highest BCUT2D eigenvalue weighted by atomic mass is 16.5. The molecule has 0 aliphatic heterocycles. The summed E-state index contributed by atoms with van der Waals surface area (Å²) in [6, 6.07) is 8.09. The first-order valence-corrected chi connectivity index (χ1v) is 5.24. The standard InChI is InChI=1S/C13H16N2O/c1-13(2,14)10-5-4-9-6-7-15-12(16-3)11(9)8-10/h4-8H,14H2,1-3H3. The molecule has 2 aromatic rings. The van der Waals surface area contributed by atoms with Gasteiger partial charge in [0.05, 0.1) is 7.11 Å². The van der Waals surface area contributed by atoms with E-state index in [0.717, 1.165) is 16.3 Å². The molecule has 0 aliphatic carbocycles. The van der Waals surface area contributed by atoms with E-state index in [1.54, 1.807) is 13.3 Å². The third kappa shape index (κ3) is 1.86. The van der Waals surface area contributed by atoms with E-state index in [9.17, 15) is 0 Å². The Morgan fingerprint density at radius 1 is 1.25 bits per heavy atom. The summed E-state index contributed by atoms with van der Waals surface area (Å²) < 4.78 is 5.24. The van der Waals surface area contributed by atoms with Crippen molar-refractivity contribution in [2.75, 3.05) is 7.11 Å². The molecule has 0 bridgehead atoms. The predicted octanol–water partition coefficient (Wildman–Crippen LogP) is 2.44. The Labute approximate surface area is 95.2 Å². The van der Waals surface area contributed by atoms with Crippen LogP contribution in [0.15, 0.2) is 30.5 Å². The number of hydrogen-bond acceptors (Lipinski definition) is 3. The van der Waals surface area contributed by atoms with Gasteiger partial charge in [-0.25, -0.2) is 4.98 Å². The highest BCUT2D eigenvalue weighted by molar-refractivity contribution is 5.87. The van der Waals surface area contributed by atoms with E-state index in [4.69, 9.17) is 10.5 Å². The van der Waals surface area contributed by atoms with Crippen LogP contribution in [0.5, 0.6) is 5.88 Å². The van der Waals surface area contributed by atoms with Gasteiger partial charge in [0.1, 0.15) is 0 Å². The number of hydrogen-bond donors (Lipinski definition) is 1. The van der Waals surface area contributed by atoms with Crippen molar-refractivity contribution in [3.8, 4) is 5.88 Å². The Bertz CT molecular complexity index is 515. The van der Waals surface area contributed by atoms with E-state index in [1.165, 1.54) is 0 Å². The van der Waals surface area contributed by atoms with Crippen molar-refractivity contribution >= 4 is 10.8 Å². The summed E-state index contributed by atoms with van der Waals surface area (Å²) >= 11 is 0. The fourth-order valence-corrected chi connectivity index (χ4v) is 1.71. The lowest BCUT2D eigenvalue weighted by Crippen LogP contribution is -2.28. The fraction of sp³-hybridized carbons (Fsp3) is 0.308. The lowest BCUT2D eigenvalue weighted by Gasteiger charge is -2.19. The third-order valence-corrected chi connectivity index (χ3v) is 2.67. The summed E-state index contributed by atoms with van der Waals surface area (Å²) in [5.74, 6) is 0.642. The molecule has 0 radical (unpaired) electrons. The highest BCUT2D eigenvalue weighted by Gasteiger charge is 2.15. The summed E-state index contributed by atoms with van der Waals surface area (Å²) in [5.41, 5.74) is 6.80. The number of rotatable bonds is 2. The number of ether oxygens (including phenoxy) is 1. The molecule has 3 nitrogen and oxygen atoms in total. The summed E-state index contributed by atoms with van der Waals surface area (Å²) in [6.45, 7) is 3.97. The van der Waals surface area contributed by atoms with E-state index in [2.05, 4.69) is 4.98 Å². The topological polar surface area (TPSA) is 48.1 Å². The maximum absolute atomic E-state index is 6.08. The second kappa shape index (κ2) is 3.76. The van der Waals surface area contributed by atoms with Crippen LogP contribution in [-0.2, 0) is 5.54 Å². The average molecular weight is 216 g/mol. The van der Waals surface area contributed by atoms with Crippen molar-refractivity contribution in [1.29, 1.82) is 0 Å². The summed E-state index contributed by atoms with van der Waals surface area (Å²) in [6.07, 6.45) is 1.74. The van der Waals surface area contributed by atoms with Gasteiger partial charge in [-0.05, 0) is 36.9 Å². The van der Waals surface area contributed by atoms with Crippen molar-refractivity contribution in [3.05, 3.63) is 36.0 Å². The zero-order chi connectivity index (χ0) is 11.8. The summed E-state index contributed by atoms with van der Waals surface area (Å²) in [7, 11) is 1.63. The first-order valence-electron chi connectivity index (χ1n) is 5.24. The molecule has 1 heterocycles. The highest BCUT2D eigenvalue weighted by Crippen LogP contribution is 2.27. The number of nitrogens with zero attached hydrogens (tertiary/aromatic N) is 1. The molecule has 3 heteroatoms. The summed E-state index contributed by atoms with van der Waals surface area (Å²) in [4.78, 5) is 4.19. The lowest BCUT2D eigenvalue weighted by atomic mass is 9.94. The van der Waals surface area contributed by atoms with E-state index >= 15 is 0 Å². The minimum atomic E-state index is -0.352. The molecule has 0 aliphatic rings. The van der Waals surface area contributed by atoms with Crippen LogP contribution in [0.25, 0.3) is 10.8 Å². The predicted molar refractivity (Wildman–Crippen MR) is 65.5 cm³/mol. The largest absolute Gasteiger partial charge is 0.481 e. The Morgan fingerprint density at radius 2 is 2.00 bits per heavy atom. The van der Waals surface area contributed by atoms with Gasteiger partial charge in [0, 0.05) is 17.1 Å². The van der Waals surface area contributed by atoms with Gasteiger partial charge >= 0.3 is 0 Å². The van der Waals surface area contributed by atoms with E-state index < -0.39 is 0 Å². The number of fused-ring (bicyclic) bond motifs is 1. The van der Waals surface area contributed by atoms with E-state index in [-0.39, 0.29) is 5.54 Å². The van der Waals surface area contributed by atoms with Crippen LogP contribution < -0.4 is 10.5 Å². The molecule has 84 valence electrons. The second-order valence-electron chi connectivity index (χ2n) is 4.48. The Balaban J connectivity index is 2.68. The zero-order valence-corrected chi connectivity index (χ0v) is 9.82. The van der Waals surface area contributed by atoms with Crippen molar-refractivity contribution in [3.63, 3.8) is 0 Å². The van der Waals surface area contributed by atoms with Crippen molar-refractivity contribution < 1.29 is 4.74 Å². The van der Waals surface area contributed by atoms with Gasteiger partial charge in [-0.2, -0.15) is 0 Å². The van der Waals surface area contributed by atoms with Crippen molar-refractivity contribution in [1.82, 2.24) is 4.98 Å². The molecule has 2 rings (SSSR count). The minimum Gasteiger partial charge on any atom is -0.481 e. The molecule has 2 N–H and O–H groups in total. The van der Waals surface area contributed by atoms with Crippen LogP contribution >= 0.6 is 0 Å². The molecular weight excluding hydrogens is 200 g/mol. The molecule has 0 saturated heterocycles. The van der Waals surface area contributed by atoms with Gasteiger partial charge in [0.25, 0.3) is 0 Å². The molecule has 16 heavy (non-hydrogen) atoms. The van der Waals surface area contributed by atoms with Gasteiger partial charge in [0.15, 0.2) is 0 Å². The number of aromatic nitrogens is 1. The first-order chi connectivity index (χ1) is 7.52. The number of benzene rings is 1. The molecule has 0 atom stereocenters. The molecule has 1 aromatic heterocycles. The minimum absolute atomic E-state index is 0.352. The molecule has 0 fully saturated rings.